The number of piperazine rings is 1. The summed E-state index contributed by atoms with van der Waals surface area (Å²) in [6.45, 7) is 6.06. The van der Waals surface area contributed by atoms with Crippen LogP contribution in [0.5, 0.6) is 23.4 Å². The van der Waals surface area contributed by atoms with Crippen LogP contribution in [-0.2, 0) is 28.7 Å². The molecule has 5 aliphatic heterocycles. The molecule has 2 bridgehead atoms. The Hall–Kier alpha value is -6.56. The van der Waals surface area contributed by atoms with Crippen molar-refractivity contribution in [2.75, 3.05) is 70.0 Å². The first-order chi connectivity index (χ1) is 36.7. The van der Waals surface area contributed by atoms with Crippen LogP contribution < -0.4 is 28.7 Å². The topological polar surface area (TPSA) is 124 Å². The van der Waals surface area contributed by atoms with Gasteiger partial charge in [-0.05, 0) is 87.6 Å². The number of nitrogens with zero attached hydrogens (tertiary/aromatic N) is 7. The number of amides is 1. The van der Waals surface area contributed by atoms with Gasteiger partial charge in [0, 0.05) is 56.7 Å². The molecule has 5 fully saturated rings. The van der Waals surface area contributed by atoms with Crippen LogP contribution in [0.4, 0.5) is 60.2 Å². The number of aromatic nitrogens is 3. The summed E-state index contributed by atoms with van der Waals surface area (Å²) in [5, 5.41) is -0.598. The number of halogens is 10. The average molecular weight is 1100 g/mol. The summed E-state index contributed by atoms with van der Waals surface area (Å²) >= 11 is 0. The molecule has 418 valence electrons. The third kappa shape index (κ3) is 9.46. The van der Waals surface area contributed by atoms with Crippen LogP contribution in [0.3, 0.4) is 0 Å². The van der Waals surface area contributed by atoms with E-state index < -0.39 is 141 Å². The van der Waals surface area contributed by atoms with Crippen molar-refractivity contribution in [3.05, 3.63) is 88.5 Å². The Kier molecular flexibility index (Phi) is 12.9. The van der Waals surface area contributed by atoms with Gasteiger partial charge in [0.2, 0.25) is 12.0 Å². The molecule has 0 N–H and O–H groups in total. The normalized spacial score (nSPS) is 23.9. The molecule has 24 heteroatoms. The molecule has 3 aromatic carbocycles. The van der Waals surface area contributed by atoms with Gasteiger partial charge in [0.05, 0.1) is 62.2 Å². The maximum absolute atomic E-state index is 18.1. The van der Waals surface area contributed by atoms with Gasteiger partial charge in [-0.3, -0.25) is 4.90 Å². The molecule has 6 aliphatic rings. The largest absolute Gasteiger partial charge is 0.497 e. The summed E-state index contributed by atoms with van der Waals surface area (Å²) in [5.41, 5.74) is -8.30. The van der Waals surface area contributed by atoms with E-state index in [9.17, 15) is 4.79 Å². The Morgan fingerprint density at radius 3 is 2.00 bits per heavy atom. The molecular weight excluding hydrogens is 1050 g/mol. The fourth-order valence-corrected chi connectivity index (χ4v) is 11.9. The number of carbonyl (C=O) groups excluding carboxylic acids is 1. The molecule has 1 spiro atoms. The SMILES string of the molecule is COc1ccc(CN(Cc2ccc(OC)cc2)c2cc(-c3nc4c5c(nc(OCC6(CN7CC8(COC8)C7)CC6(F)F)nc5c3F)N3C[C@H]5CC[C@@H]([C@H]3[C@H](C(F)(F)F)O4)N5C(=O)OC(C)(C)C)c(C(F)(F)F)c(C)c2F)cc1. The number of benzene rings is 3. The number of anilines is 2. The van der Waals surface area contributed by atoms with Crippen molar-refractivity contribution in [2.24, 2.45) is 10.8 Å². The second-order valence-corrected chi connectivity index (χ2v) is 22.4. The summed E-state index contributed by atoms with van der Waals surface area (Å²) in [6, 6.07) is 9.11. The van der Waals surface area contributed by atoms with E-state index in [0.717, 1.165) is 13.0 Å². The molecule has 1 aliphatic carbocycles. The van der Waals surface area contributed by atoms with E-state index >= 15 is 43.9 Å². The predicted molar refractivity (Wildman–Crippen MR) is 262 cm³/mol. The van der Waals surface area contributed by atoms with Crippen molar-refractivity contribution in [1.29, 1.82) is 0 Å². The lowest BCUT2D eigenvalue weighted by Crippen LogP contribution is -2.68. The molecule has 2 aromatic heterocycles. The van der Waals surface area contributed by atoms with E-state index in [0.29, 0.717) is 48.9 Å². The van der Waals surface area contributed by atoms with Crippen LogP contribution in [0.1, 0.15) is 62.3 Å². The highest BCUT2D eigenvalue weighted by Gasteiger charge is 2.73. The number of likely N-dealkylation sites (tertiary alicyclic amines) is 1. The first kappa shape index (κ1) is 53.4. The molecule has 5 atom stereocenters. The summed E-state index contributed by atoms with van der Waals surface area (Å²) in [7, 11) is 2.90. The van der Waals surface area contributed by atoms with E-state index in [-0.39, 0.29) is 44.4 Å². The molecule has 7 heterocycles. The zero-order valence-electron chi connectivity index (χ0n) is 43.3. The van der Waals surface area contributed by atoms with Crippen LogP contribution in [-0.4, -0.2) is 133 Å². The maximum atomic E-state index is 18.1. The van der Waals surface area contributed by atoms with Crippen LogP contribution in [0.15, 0.2) is 54.6 Å². The van der Waals surface area contributed by atoms with Gasteiger partial charge in [-0.1, -0.05) is 24.3 Å². The molecule has 1 unspecified atom stereocenters. The zero-order valence-corrected chi connectivity index (χ0v) is 43.3. The minimum atomic E-state index is -5.44. The van der Waals surface area contributed by atoms with Crippen molar-refractivity contribution >= 4 is 28.5 Å². The molecular formula is C54H55F10N7O7. The van der Waals surface area contributed by atoms with E-state index in [4.69, 9.17) is 28.4 Å². The minimum Gasteiger partial charge on any atom is -0.497 e. The average Bonchev–Trinajstić information content (AvgIpc) is 3.97. The highest BCUT2D eigenvalue weighted by atomic mass is 19.4. The molecule has 14 nitrogen and oxygen atoms in total. The lowest BCUT2D eigenvalue weighted by Gasteiger charge is -2.55. The van der Waals surface area contributed by atoms with Crippen LogP contribution in [0, 0.1) is 29.4 Å². The summed E-state index contributed by atoms with van der Waals surface area (Å²) in [4.78, 5) is 32.4. The summed E-state index contributed by atoms with van der Waals surface area (Å²) in [5.74, 6) is -6.74. The molecule has 0 radical (unpaired) electrons. The van der Waals surface area contributed by atoms with Gasteiger partial charge in [0.1, 0.15) is 51.9 Å². The number of methoxy groups -OCH3 is 2. The number of ether oxygens (including phenoxy) is 6. The Morgan fingerprint density at radius 2 is 1.47 bits per heavy atom. The molecule has 78 heavy (non-hydrogen) atoms. The van der Waals surface area contributed by atoms with Gasteiger partial charge in [-0.2, -0.15) is 36.3 Å². The first-order valence-electron chi connectivity index (χ1n) is 25.4. The number of alkyl halides is 8. The third-order valence-corrected chi connectivity index (χ3v) is 15.7. The monoisotopic (exact) mass is 1100 g/mol. The number of fused-ring (bicyclic) bond motifs is 5. The van der Waals surface area contributed by atoms with E-state index in [2.05, 4.69) is 15.0 Å². The Labute approximate surface area is 441 Å². The highest BCUT2D eigenvalue weighted by molar-refractivity contribution is 5.98. The van der Waals surface area contributed by atoms with Crippen molar-refractivity contribution in [1.82, 2.24) is 24.8 Å². The van der Waals surface area contributed by atoms with E-state index in [1.807, 2.05) is 4.90 Å². The molecule has 1 amide bonds. The maximum Gasteiger partial charge on any atom is 0.427 e. The molecule has 11 rings (SSSR count). The second-order valence-electron chi connectivity index (χ2n) is 22.4. The number of pyridine rings is 1. The van der Waals surface area contributed by atoms with E-state index in [1.165, 1.54) is 28.9 Å². The van der Waals surface area contributed by atoms with Gasteiger partial charge in [0.25, 0.3) is 5.92 Å². The van der Waals surface area contributed by atoms with Crippen molar-refractivity contribution in [3.8, 4) is 34.6 Å². The number of hydrogen-bond acceptors (Lipinski definition) is 13. The first-order valence-corrected chi connectivity index (χ1v) is 25.4. The standard InChI is InChI=1S/C54H55F10N7O7/c1-28-38(53(59,60)61)34(17-36(39(28)55)69(18-29-7-12-32(73-5)13-8-29)19-30-9-14-33(74-6)15-10-30)41-40(56)42-37-45(67-47(66-42)76-27-51(21-52(51,57)58)24-68-22-50(23-68)25-75-26-50)70-20-31-11-16-35(71(31)48(72)78-49(2,3)4)43(70)44(54(62,63)64)77-46(37)65-41/h7-10,12-15,17,31,35,43-44H,11,16,18-27H2,1-6H3/t31-,35+,43+,44-,51?/m1/s1. The zero-order chi connectivity index (χ0) is 55.6. The van der Waals surface area contributed by atoms with Crippen LogP contribution in [0.25, 0.3) is 22.2 Å². The van der Waals surface area contributed by atoms with Gasteiger partial charge < -0.3 is 43.1 Å². The van der Waals surface area contributed by atoms with Gasteiger partial charge >= 0.3 is 24.5 Å². The van der Waals surface area contributed by atoms with Gasteiger partial charge in [-0.15, -0.1) is 0 Å². The third-order valence-electron chi connectivity index (χ3n) is 15.7. The second kappa shape index (κ2) is 18.8. The number of carbonyl (C=O) groups is 1. The lowest BCUT2D eigenvalue weighted by atomic mass is 9.77. The molecule has 4 saturated heterocycles. The Morgan fingerprint density at radius 1 is 0.859 bits per heavy atom. The lowest BCUT2D eigenvalue weighted by molar-refractivity contribution is -0.206. The van der Waals surface area contributed by atoms with Crippen LogP contribution >= 0.6 is 0 Å². The van der Waals surface area contributed by atoms with Crippen molar-refractivity contribution in [2.45, 2.75) is 108 Å². The highest BCUT2D eigenvalue weighted by Crippen LogP contribution is 2.62. The summed E-state index contributed by atoms with van der Waals surface area (Å²) < 4.78 is 194. The Bertz CT molecular complexity index is 3100. The Balaban J connectivity index is 1.09. The van der Waals surface area contributed by atoms with Crippen molar-refractivity contribution in [3.63, 3.8) is 0 Å². The van der Waals surface area contributed by atoms with Gasteiger partial charge in [-0.25, -0.2) is 27.3 Å². The number of rotatable bonds is 13. The fourth-order valence-electron chi connectivity index (χ4n) is 11.9. The minimum absolute atomic E-state index is 0.000372. The summed E-state index contributed by atoms with van der Waals surface area (Å²) in [6.07, 6.45) is -15.0. The quantitative estimate of drug-likeness (QED) is 0.104. The molecule has 5 aromatic rings. The fraction of sp³-hybridized carbons (Fsp3) is 0.519. The number of hydrogen-bond donors (Lipinski definition) is 0. The van der Waals surface area contributed by atoms with Crippen LogP contribution in [0.2, 0.25) is 0 Å². The smallest absolute Gasteiger partial charge is 0.427 e. The predicted octanol–water partition coefficient (Wildman–Crippen LogP) is 10.5. The molecule has 1 saturated carbocycles. The van der Waals surface area contributed by atoms with Gasteiger partial charge in [0.15, 0.2) is 5.82 Å². The van der Waals surface area contributed by atoms with E-state index in [1.54, 1.807) is 69.3 Å². The van der Waals surface area contributed by atoms with Crippen molar-refractivity contribution < 1.29 is 77.1 Å².